The number of nitriles is 1. The summed E-state index contributed by atoms with van der Waals surface area (Å²) < 4.78 is 0. The molecule has 4 nitrogen and oxygen atoms in total. The van der Waals surface area contributed by atoms with E-state index in [-0.39, 0.29) is 5.54 Å². The molecule has 1 heterocycles. The molecule has 0 bridgehead atoms. The number of aliphatic hydroxyl groups excluding tert-OH is 1. The number of pyridine rings is 1. The van der Waals surface area contributed by atoms with Gasteiger partial charge in [0.1, 0.15) is 6.10 Å². The molecule has 0 radical (unpaired) electrons. The van der Waals surface area contributed by atoms with Gasteiger partial charge < -0.3 is 10.4 Å². The second-order valence-electron chi connectivity index (χ2n) is 6.29. The van der Waals surface area contributed by atoms with Crippen LogP contribution in [-0.2, 0) is 5.41 Å². The summed E-state index contributed by atoms with van der Waals surface area (Å²) in [6.07, 6.45) is 1.10. The molecule has 1 aromatic rings. The van der Waals surface area contributed by atoms with Crippen LogP contribution in [0.5, 0.6) is 0 Å². The zero-order valence-corrected chi connectivity index (χ0v) is 11.8. The van der Waals surface area contributed by atoms with Crippen molar-refractivity contribution in [1.82, 2.24) is 10.3 Å². The van der Waals surface area contributed by atoms with E-state index in [0.29, 0.717) is 12.2 Å². The van der Waals surface area contributed by atoms with Crippen LogP contribution in [0.2, 0.25) is 0 Å². The van der Waals surface area contributed by atoms with Crippen LogP contribution in [0.15, 0.2) is 18.2 Å². The SMILES string of the molecule is CC(C)(C)NC[C@H](O)c1cccc(C2(C#N)CC2)n1. The number of hydrogen-bond acceptors (Lipinski definition) is 4. The molecule has 1 aliphatic rings. The lowest BCUT2D eigenvalue weighted by Gasteiger charge is -2.23. The van der Waals surface area contributed by atoms with Gasteiger partial charge in [-0.05, 0) is 45.7 Å². The predicted molar refractivity (Wildman–Crippen MR) is 73.5 cm³/mol. The Morgan fingerprint density at radius 2 is 2.16 bits per heavy atom. The first-order chi connectivity index (χ1) is 8.86. The van der Waals surface area contributed by atoms with Crippen LogP contribution in [-0.4, -0.2) is 22.2 Å². The molecule has 0 unspecified atom stereocenters. The fraction of sp³-hybridized carbons (Fsp3) is 0.600. The van der Waals surface area contributed by atoms with Crippen LogP contribution in [0.1, 0.15) is 51.1 Å². The molecule has 19 heavy (non-hydrogen) atoms. The second-order valence-corrected chi connectivity index (χ2v) is 6.29. The van der Waals surface area contributed by atoms with Crippen molar-refractivity contribution in [3.8, 4) is 6.07 Å². The first-order valence-corrected chi connectivity index (χ1v) is 6.68. The molecule has 2 N–H and O–H groups in total. The minimum absolute atomic E-state index is 0.0387. The van der Waals surface area contributed by atoms with Crippen molar-refractivity contribution < 1.29 is 5.11 Å². The highest BCUT2D eigenvalue weighted by molar-refractivity contribution is 5.34. The lowest BCUT2D eigenvalue weighted by molar-refractivity contribution is 0.158. The Labute approximate surface area is 114 Å². The van der Waals surface area contributed by atoms with Gasteiger partial charge in [-0.15, -0.1) is 0 Å². The summed E-state index contributed by atoms with van der Waals surface area (Å²) in [6.45, 7) is 6.62. The predicted octanol–water partition coefficient (Wildman–Crippen LogP) is 2.06. The first-order valence-electron chi connectivity index (χ1n) is 6.68. The summed E-state index contributed by atoms with van der Waals surface area (Å²) in [5.41, 5.74) is 0.994. The second kappa shape index (κ2) is 4.92. The molecule has 0 aliphatic heterocycles. The van der Waals surface area contributed by atoms with E-state index in [4.69, 9.17) is 0 Å². The van der Waals surface area contributed by atoms with Crippen molar-refractivity contribution in [2.45, 2.75) is 50.7 Å². The molecule has 0 aromatic carbocycles. The zero-order chi connectivity index (χ0) is 14.1. The Bertz CT molecular complexity index is 495. The number of aliphatic hydroxyl groups is 1. The van der Waals surface area contributed by atoms with E-state index in [1.165, 1.54) is 0 Å². The maximum absolute atomic E-state index is 10.2. The lowest BCUT2D eigenvalue weighted by Crippen LogP contribution is -2.38. The molecular weight excluding hydrogens is 238 g/mol. The average molecular weight is 259 g/mol. The highest BCUT2D eigenvalue weighted by Crippen LogP contribution is 2.46. The summed E-state index contributed by atoms with van der Waals surface area (Å²) >= 11 is 0. The standard InChI is InChI=1S/C15H21N3O/c1-14(2,3)17-9-12(19)11-5-4-6-13(18-11)15(10-16)7-8-15/h4-6,12,17,19H,7-9H2,1-3H3/t12-/m0/s1. The highest BCUT2D eigenvalue weighted by Gasteiger charge is 2.46. The van der Waals surface area contributed by atoms with E-state index >= 15 is 0 Å². The highest BCUT2D eigenvalue weighted by atomic mass is 16.3. The summed E-state index contributed by atoms with van der Waals surface area (Å²) in [6, 6.07) is 7.89. The van der Waals surface area contributed by atoms with Crippen molar-refractivity contribution in [2.75, 3.05) is 6.54 Å². The van der Waals surface area contributed by atoms with E-state index in [1.807, 2.05) is 18.2 Å². The topological polar surface area (TPSA) is 68.9 Å². The van der Waals surface area contributed by atoms with Crippen LogP contribution in [0, 0.1) is 11.3 Å². The van der Waals surface area contributed by atoms with Gasteiger partial charge in [0, 0.05) is 12.1 Å². The number of nitrogens with one attached hydrogen (secondary N) is 1. The molecule has 4 heteroatoms. The van der Waals surface area contributed by atoms with Crippen molar-refractivity contribution in [3.05, 3.63) is 29.6 Å². The monoisotopic (exact) mass is 259 g/mol. The molecule has 102 valence electrons. The minimum atomic E-state index is -0.645. The fourth-order valence-corrected chi connectivity index (χ4v) is 1.96. The van der Waals surface area contributed by atoms with Gasteiger partial charge >= 0.3 is 0 Å². The van der Waals surface area contributed by atoms with Crippen molar-refractivity contribution in [3.63, 3.8) is 0 Å². The third-order valence-electron chi connectivity index (χ3n) is 3.39. The average Bonchev–Trinajstić information content (AvgIpc) is 3.16. The van der Waals surface area contributed by atoms with Crippen LogP contribution >= 0.6 is 0 Å². The van der Waals surface area contributed by atoms with Gasteiger partial charge in [-0.3, -0.25) is 4.98 Å². The van der Waals surface area contributed by atoms with E-state index in [2.05, 4.69) is 37.1 Å². The maximum Gasteiger partial charge on any atom is 0.108 e. The van der Waals surface area contributed by atoms with Gasteiger partial charge in [0.05, 0.1) is 22.9 Å². The summed E-state index contributed by atoms with van der Waals surface area (Å²) in [5.74, 6) is 0. The van der Waals surface area contributed by atoms with Crippen molar-refractivity contribution >= 4 is 0 Å². The van der Waals surface area contributed by atoms with Crippen LogP contribution < -0.4 is 5.32 Å². The van der Waals surface area contributed by atoms with Crippen molar-refractivity contribution in [2.24, 2.45) is 0 Å². The zero-order valence-electron chi connectivity index (χ0n) is 11.8. The number of aromatic nitrogens is 1. The number of rotatable bonds is 4. The van der Waals surface area contributed by atoms with E-state index < -0.39 is 11.5 Å². The molecule has 0 amide bonds. The largest absolute Gasteiger partial charge is 0.385 e. The number of hydrogen-bond donors (Lipinski definition) is 2. The lowest BCUT2D eigenvalue weighted by atomic mass is 10.0. The molecule has 2 rings (SSSR count). The van der Waals surface area contributed by atoms with Crippen LogP contribution in [0.4, 0.5) is 0 Å². The van der Waals surface area contributed by atoms with Gasteiger partial charge in [-0.1, -0.05) is 6.07 Å². The van der Waals surface area contributed by atoms with E-state index in [9.17, 15) is 10.4 Å². The molecule has 0 saturated heterocycles. The van der Waals surface area contributed by atoms with Crippen LogP contribution in [0.25, 0.3) is 0 Å². The number of nitrogens with zero attached hydrogens (tertiary/aromatic N) is 2. The molecule has 0 spiro atoms. The van der Waals surface area contributed by atoms with Gasteiger partial charge in [-0.25, -0.2) is 0 Å². The van der Waals surface area contributed by atoms with Crippen LogP contribution in [0.3, 0.4) is 0 Å². The molecule has 1 aromatic heterocycles. The van der Waals surface area contributed by atoms with Gasteiger partial charge in [0.2, 0.25) is 0 Å². The van der Waals surface area contributed by atoms with Gasteiger partial charge in [0.25, 0.3) is 0 Å². The Kier molecular flexibility index (Phi) is 3.62. The third kappa shape index (κ3) is 3.31. The fourth-order valence-electron chi connectivity index (χ4n) is 1.96. The summed E-state index contributed by atoms with van der Waals surface area (Å²) in [5, 5.41) is 22.6. The summed E-state index contributed by atoms with van der Waals surface area (Å²) in [7, 11) is 0. The molecule has 1 atom stereocenters. The maximum atomic E-state index is 10.2. The Morgan fingerprint density at radius 1 is 1.47 bits per heavy atom. The molecule has 1 aliphatic carbocycles. The summed E-state index contributed by atoms with van der Waals surface area (Å²) in [4.78, 5) is 4.47. The van der Waals surface area contributed by atoms with Gasteiger partial charge in [-0.2, -0.15) is 5.26 Å². The van der Waals surface area contributed by atoms with E-state index in [1.54, 1.807) is 0 Å². The molecule has 1 saturated carbocycles. The quantitative estimate of drug-likeness (QED) is 0.868. The Balaban J connectivity index is 2.09. The minimum Gasteiger partial charge on any atom is -0.385 e. The normalized spacial score (nSPS) is 18.7. The molecule has 1 fully saturated rings. The van der Waals surface area contributed by atoms with Gasteiger partial charge in [0.15, 0.2) is 0 Å². The Hall–Kier alpha value is -1.44. The van der Waals surface area contributed by atoms with E-state index in [0.717, 1.165) is 18.5 Å². The third-order valence-corrected chi connectivity index (χ3v) is 3.39. The van der Waals surface area contributed by atoms with Crippen molar-refractivity contribution in [1.29, 1.82) is 5.26 Å². The first kappa shape index (κ1) is 14.0. The smallest absolute Gasteiger partial charge is 0.108 e. The Morgan fingerprint density at radius 3 is 2.68 bits per heavy atom. The molecular formula is C15H21N3O. The number of β-amino-alcohol motifs (C(OH)–C–C–N with tert-alkyl or cyclic N) is 1.